The zero-order chi connectivity index (χ0) is 13.1. The Balaban J connectivity index is 1.93. The van der Waals surface area contributed by atoms with E-state index in [0.29, 0.717) is 38.0 Å². The van der Waals surface area contributed by atoms with E-state index in [1.807, 2.05) is 4.90 Å². The van der Waals surface area contributed by atoms with Crippen molar-refractivity contribution in [3.05, 3.63) is 35.4 Å². The third-order valence-corrected chi connectivity index (χ3v) is 3.27. The van der Waals surface area contributed by atoms with Crippen LogP contribution in [0.2, 0.25) is 0 Å². The first-order chi connectivity index (χ1) is 8.54. The van der Waals surface area contributed by atoms with Gasteiger partial charge in [-0.15, -0.1) is 0 Å². The molecule has 0 spiro atoms. The van der Waals surface area contributed by atoms with E-state index in [4.69, 9.17) is 5.11 Å². The predicted molar refractivity (Wildman–Crippen MR) is 62.0 cm³/mol. The molecule has 1 aliphatic heterocycles. The SMILES string of the molecule is O=C(O)C1CCN(Cc2cc(F)cc(F)c2)CC1. The van der Waals surface area contributed by atoms with Crippen molar-refractivity contribution >= 4 is 5.97 Å². The topological polar surface area (TPSA) is 40.5 Å². The Kier molecular flexibility index (Phi) is 3.91. The van der Waals surface area contributed by atoms with Crippen molar-refractivity contribution < 1.29 is 18.7 Å². The van der Waals surface area contributed by atoms with Crippen LogP contribution in [0.3, 0.4) is 0 Å². The molecule has 0 aromatic heterocycles. The van der Waals surface area contributed by atoms with Gasteiger partial charge in [0.25, 0.3) is 0 Å². The highest BCUT2D eigenvalue weighted by Gasteiger charge is 2.24. The average molecular weight is 255 g/mol. The fraction of sp³-hybridized carbons (Fsp3) is 0.462. The molecule has 0 bridgehead atoms. The predicted octanol–water partition coefficient (Wildman–Crippen LogP) is 2.26. The van der Waals surface area contributed by atoms with E-state index in [1.165, 1.54) is 12.1 Å². The lowest BCUT2D eigenvalue weighted by Crippen LogP contribution is -2.35. The van der Waals surface area contributed by atoms with Crippen molar-refractivity contribution in [2.45, 2.75) is 19.4 Å². The summed E-state index contributed by atoms with van der Waals surface area (Å²) < 4.78 is 26.0. The smallest absolute Gasteiger partial charge is 0.306 e. The molecule has 0 amide bonds. The van der Waals surface area contributed by atoms with Crippen LogP contribution in [0.5, 0.6) is 0 Å². The van der Waals surface area contributed by atoms with Gasteiger partial charge >= 0.3 is 5.97 Å². The summed E-state index contributed by atoms with van der Waals surface area (Å²) in [6, 6.07) is 3.47. The minimum atomic E-state index is -0.758. The van der Waals surface area contributed by atoms with Gasteiger partial charge in [0.1, 0.15) is 11.6 Å². The minimum absolute atomic E-state index is 0.287. The Labute approximate surface area is 104 Å². The lowest BCUT2D eigenvalue weighted by molar-refractivity contribution is -0.143. The molecule has 2 rings (SSSR count). The molecule has 1 aromatic carbocycles. The van der Waals surface area contributed by atoms with Crippen LogP contribution in [0.4, 0.5) is 8.78 Å². The number of benzene rings is 1. The molecule has 98 valence electrons. The fourth-order valence-corrected chi connectivity index (χ4v) is 2.30. The van der Waals surface area contributed by atoms with Gasteiger partial charge in [0, 0.05) is 12.6 Å². The Morgan fingerprint density at radius 3 is 2.28 bits per heavy atom. The quantitative estimate of drug-likeness (QED) is 0.900. The molecule has 0 atom stereocenters. The Bertz CT molecular complexity index is 422. The summed E-state index contributed by atoms with van der Waals surface area (Å²) in [5.41, 5.74) is 0.585. The van der Waals surface area contributed by atoms with Crippen molar-refractivity contribution in [1.82, 2.24) is 4.90 Å². The van der Waals surface area contributed by atoms with Crippen LogP contribution < -0.4 is 0 Å². The summed E-state index contributed by atoms with van der Waals surface area (Å²) in [6.07, 6.45) is 1.18. The standard InChI is InChI=1S/C13H15F2NO2/c14-11-5-9(6-12(15)7-11)8-16-3-1-10(2-4-16)13(17)18/h5-7,10H,1-4,8H2,(H,17,18). The van der Waals surface area contributed by atoms with Crippen LogP contribution >= 0.6 is 0 Å². The van der Waals surface area contributed by atoms with E-state index in [2.05, 4.69) is 0 Å². The van der Waals surface area contributed by atoms with Crippen LogP contribution in [0.25, 0.3) is 0 Å². The van der Waals surface area contributed by atoms with Crippen molar-refractivity contribution in [3.63, 3.8) is 0 Å². The largest absolute Gasteiger partial charge is 0.481 e. The Hall–Kier alpha value is -1.49. The molecule has 3 nitrogen and oxygen atoms in total. The first kappa shape index (κ1) is 13.0. The summed E-state index contributed by atoms with van der Waals surface area (Å²) in [6.45, 7) is 1.76. The minimum Gasteiger partial charge on any atom is -0.481 e. The normalized spacial score (nSPS) is 17.9. The second-order valence-electron chi connectivity index (χ2n) is 4.67. The molecular weight excluding hydrogens is 240 g/mol. The molecule has 1 aliphatic rings. The molecule has 1 saturated heterocycles. The summed E-state index contributed by atoms with van der Waals surface area (Å²) in [5.74, 6) is -2.20. The third kappa shape index (κ3) is 3.26. The van der Waals surface area contributed by atoms with Gasteiger partial charge in [-0.2, -0.15) is 0 Å². The molecule has 0 saturated carbocycles. The second-order valence-corrected chi connectivity index (χ2v) is 4.67. The lowest BCUT2D eigenvalue weighted by Gasteiger charge is -2.29. The molecule has 18 heavy (non-hydrogen) atoms. The number of hydrogen-bond donors (Lipinski definition) is 1. The van der Waals surface area contributed by atoms with Gasteiger partial charge in [-0.05, 0) is 43.6 Å². The monoisotopic (exact) mass is 255 g/mol. The van der Waals surface area contributed by atoms with Crippen LogP contribution in [-0.2, 0) is 11.3 Å². The number of carboxylic acid groups (broad SMARTS) is 1. The molecule has 0 unspecified atom stereocenters. The van der Waals surface area contributed by atoms with Crippen molar-refractivity contribution in [1.29, 1.82) is 0 Å². The molecule has 1 fully saturated rings. The maximum Gasteiger partial charge on any atom is 0.306 e. The van der Waals surface area contributed by atoms with Crippen molar-refractivity contribution in [3.8, 4) is 0 Å². The first-order valence-corrected chi connectivity index (χ1v) is 5.95. The van der Waals surface area contributed by atoms with Crippen LogP contribution in [0.1, 0.15) is 18.4 Å². The van der Waals surface area contributed by atoms with Crippen molar-refractivity contribution in [2.24, 2.45) is 5.92 Å². The van der Waals surface area contributed by atoms with E-state index in [-0.39, 0.29) is 5.92 Å². The zero-order valence-electron chi connectivity index (χ0n) is 9.90. The fourth-order valence-electron chi connectivity index (χ4n) is 2.30. The van der Waals surface area contributed by atoms with Gasteiger partial charge in [0.15, 0.2) is 0 Å². The van der Waals surface area contributed by atoms with Gasteiger partial charge in [-0.3, -0.25) is 9.69 Å². The summed E-state index contributed by atoms with van der Waals surface area (Å²) in [7, 11) is 0. The number of rotatable bonds is 3. The van der Waals surface area contributed by atoms with E-state index in [1.54, 1.807) is 0 Å². The number of halogens is 2. The highest BCUT2D eigenvalue weighted by atomic mass is 19.1. The molecular formula is C13H15F2NO2. The van der Waals surface area contributed by atoms with Crippen molar-refractivity contribution in [2.75, 3.05) is 13.1 Å². The summed E-state index contributed by atoms with van der Waals surface area (Å²) in [4.78, 5) is 12.8. The number of carbonyl (C=O) groups is 1. The van der Waals surface area contributed by atoms with Crippen LogP contribution in [0, 0.1) is 17.6 Å². The zero-order valence-corrected chi connectivity index (χ0v) is 9.90. The third-order valence-electron chi connectivity index (χ3n) is 3.27. The summed E-state index contributed by atoms with van der Waals surface area (Å²) in [5, 5.41) is 8.87. The molecule has 1 N–H and O–H groups in total. The molecule has 5 heteroatoms. The second kappa shape index (κ2) is 5.44. The maximum absolute atomic E-state index is 13.0. The maximum atomic E-state index is 13.0. The first-order valence-electron chi connectivity index (χ1n) is 5.95. The van der Waals surface area contributed by atoms with Crippen LogP contribution in [0.15, 0.2) is 18.2 Å². The molecule has 0 aliphatic carbocycles. The van der Waals surface area contributed by atoms with Gasteiger partial charge < -0.3 is 5.11 Å². The highest BCUT2D eigenvalue weighted by Crippen LogP contribution is 2.19. The number of aliphatic carboxylic acids is 1. The van der Waals surface area contributed by atoms with E-state index in [9.17, 15) is 13.6 Å². The van der Waals surface area contributed by atoms with Gasteiger partial charge in [0.05, 0.1) is 5.92 Å². The number of carboxylic acids is 1. The number of nitrogens with zero attached hydrogens (tertiary/aromatic N) is 1. The average Bonchev–Trinajstić information content (AvgIpc) is 2.28. The summed E-state index contributed by atoms with van der Waals surface area (Å²) >= 11 is 0. The molecule has 0 radical (unpaired) electrons. The number of likely N-dealkylation sites (tertiary alicyclic amines) is 1. The van der Waals surface area contributed by atoms with Gasteiger partial charge in [-0.25, -0.2) is 8.78 Å². The van der Waals surface area contributed by atoms with E-state index in [0.717, 1.165) is 6.07 Å². The van der Waals surface area contributed by atoms with Gasteiger partial charge in [0.2, 0.25) is 0 Å². The highest BCUT2D eigenvalue weighted by molar-refractivity contribution is 5.70. The van der Waals surface area contributed by atoms with E-state index >= 15 is 0 Å². The number of piperidine rings is 1. The number of hydrogen-bond acceptors (Lipinski definition) is 2. The Morgan fingerprint density at radius 1 is 1.22 bits per heavy atom. The Morgan fingerprint density at radius 2 is 1.78 bits per heavy atom. The van der Waals surface area contributed by atoms with E-state index < -0.39 is 17.6 Å². The van der Waals surface area contributed by atoms with Crippen LogP contribution in [-0.4, -0.2) is 29.1 Å². The lowest BCUT2D eigenvalue weighted by atomic mass is 9.97. The molecule has 1 heterocycles. The molecule has 1 aromatic rings. The van der Waals surface area contributed by atoms with Gasteiger partial charge in [-0.1, -0.05) is 0 Å².